The summed E-state index contributed by atoms with van der Waals surface area (Å²) in [4.78, 5) is 53.8. The molecular weight excluding hydrogens is 626 g/mol. The van der Waals surface area contributed by atoms with Crippen molar-refractivity contribution in [1.82, 2.24) is 19.8 Å². The maximum absolute atomic E-state index is 15.3. The van der Waals surface area contributed by atoms with Gasteiger partial charge in [0.1, 0.15) is 23.8 Å². The lowest BCUT2D eigenvalue weighted by Gasteiger charge is -2.35. The van der Waals surface area contributed by atoms with Gasteiger partial charge < -0.3 is 29.7 Å². The van der Waals surface area contributed by atoms with Crippen molar-refractivity contribution >= 4 is 40.6 Å². The summed E-state index contributed by atoms with van der Waals surface area (Å²) in [6.07, 6.45) is -0.648. The van der Waals surface area contributed by atoms with Gasteiger partial charge in [0.25, 0.3) is 0 Å². The van der Waals surface area contributed by atoms with Crippen LogP contribution in [0.3, 0.4) is 0 Å². The minimum atomic E-state index is -1.06. The molecule has 6 rings (SSSR count). The Kier molecular flexibility index (Phi) is 9.24. The predicted octanol–water partition coefficient (Wildman–Crippen LogP) is 3.92. The highest BCUT2D eigenvalue weighted by Crippen LogP contribution is 2.38. The molecule has 0 radical (unpaired) electrons. The van der Waals surface area contributed by atoms with Crippen molar-refractivity contribution in [2.45, 2.75) is 24.8 Å². The van der Waals surface area contributed by atoms with Crippen LogP contribution in [0.25, 0.3) is 10.9 Å². The SMILES string of the molecule is COc1cc2c(N)nc(N3CCN(C(=O)CC(C(=O)N4C(=O)OCC4Cc4ccccc4)c4ccc(F)cc4)CC3)nc2c(F)c1OC. The Balaban J connectivity index is 1.18. The van der Waals surface area contributed by atoms with Crippen molar-refractivity contribution in [2.24, 2.45) is 0 Å². The number of aromatic nitrogens is 2. The maximum atomic E-state index is 15.3. The summed E-state index contributed by atoms with van der Waals surface area (Å²) < 4.78 is 44.8. The molecule has 0 spiro atoms. The second-order valence-corrected chi connectivity index (χ2v) is 11.5. The number of methoxy groups -OCH3 is 2. The number of nitrogens with two attached hydrogens (primary N) is 1. The number of nitrogens with zero attached hydrogens (tertiary/aromatic N) is 5. The van der Waals surface area contributed by atoms with Gasteiger partial charge in [-0.1, -0.05) is 42.5 Å². The van der Waals surface area contributed by atoms with Crippen molar-refractivity contribution in [3.63, 3.8) is 0 Å². The van der Waals surface area contributed by atoms with E-state index in [4.69, 9.17) is 19.9 Å². The van der Waals surface area contributed by atoms with Gasteiger partial charge in [0, 0.05) is 38.0 Å². The van der Waals surface area contributed by atoms with Crippen molar-refractivity contribution < 1.29 is 37.4 Å². The van der Waals surface area contributed by atoms with Crippen LogP contribution in [0, 0.1) is 11.6 Å². The fraction of sp³-hybridized carbons (Fsp3) is 0.324. The summed E-state index contributed by atoms with van der Waals surface area (Å²) in [6.45, 7) is 1.14. The van der Waals surface area contributed by atoms with Crippen LogP contribution >= 0.6 is 0 Å². The van der Waals surface area contributed by atoms with E-state index in [1.807, 2.05) is 30.3 Å². The first kappa shape index (κ1) is 32.4. The molecule has 0 aliphatic carbocycles. The Morgan fingerprint density at radius 3 is 2.38 bits per heavy atom. The first-order valence-electron chi connectivity index (χ1n) is 15.4. The molecule has 2 aliphatic heterocycles. The number of ether oxygens (including phenoxy) is 3. The molecule has 12 nitrogen and oxygen atoms in total. The van der Waals surface area contributed by atoms with Gasteiger partial charge in [-0.2, -0.15) is 4.98 Å². The summed E-state index contributed by atoms with van der Waals surface area (Å²) in [7, 11) is 2.71. The second-order valence-electron chi connectivity index (χ2n) is 11.5. The molecule has 14 heteroatoms. The Bertz CT molecular complexity index is 1840. The maximum Gasteiger partial charge on any atom is 0.417 e. The number of cyclic esters (lactones) is 1. The van der Waals surface area contributed by atoms with Crippen LogP contribution in [-0.4, -0.2) is 90.7 Å². The van der Waals surface area contributed by atoms with Gasteiger partial charge >= 0.3 is 6.09 Å². The highest BCUT2D eigenvalue weighted by molar-refractivity contribution is 5.99. The lowest BCUT2D eigenvalue weighted by molar-refractivity contribution is -0.137. The summed E-state index contributed by atoms with van der Waals surface area (Å²) in [5.41, 5.74) is 7.48. The van der Waals surface area contributed by atoms with Crippen LogP contribution in [0.5, 0.6) is 11.5 Å². The normalized spacial score (nSPS) is 17.0. The number of rotatable bonds is 9. The van der Waals surface area contributed by atoms with Gasteiger partial charge in [0.15, 0.2) is 17.3 Å². The zero-order chi connectivity index (χ0) is 33.9. The molecule has 2 unspecified atom stereocenters. The van der Waals surface area contributed by atoms with E-state index in [0.29, 0.717) is 25.1 Å². The van der Waals surface area contributed by atoms with Crippen LogP contribution in [0.1, 0.15) is 23.5 Å². The fourth-order valence-corrected chi connectivity index (χ4v) is 6.12. The first-order chi connectivity index (χ1) is 23.2. The number of hydrogen-bond acceptors (Lipinski definition) is 10. The number of nitrogen functional groups attached to an aromatic ring is 1. The fourth-order valence-electron chi connectivity index (χ4n) is 6.12. The number of carbonyl (C=O) groups excluding carboxylic acids is 3. The molecule has 2 fully saturated rings. The molecular formula is C34H34F2N6O6. The molecule has 48 heavy (non-hydrogen) atoms. The monoisotopic (exact) mass is 660 g/mol. The molecule has 2 aliphatic rings. The number of hydrogen-bond donors (Lipinski definition) is 1. The largest absolute Gasteiger partial charge is 0.493 e. The lowest BCUT2D eigenvalue weighted by atomic mass is 9.92. The lowest BCUT2D eigenvalue weighted by Crippen LogP contribution is -2.50. The van der Waals surface area contributed by atoms with E-state index in [9.17, 15) is 18.8 Å². The number of benzene rings is 3. The van der Waals surface area contributed by atoms with Gasteiger partial charge in [-0.15, -0.1) is 0 Å². The summed E-state index contributed by atoms with van der Waals surface area (Å²) >= 11 is 0. The number of piperazine rings is 1. The van der Waals surface area contributed by atoms with Crippen LogP contribution < -0.4 is 20.1 Å². The third-order valence-corrected chi connectivity index (χ3v) is 8.67. The molecule has 3 aromatic carbocycles. The van der Waals surface area contributed by atoms with Gasteiger partial charge in [-0.05, 0) is 35.7 Å². The van der Waals surface area contributed by atoms with E-state index in [1.54, 1.807) is 9.80 Å². The zero-order valence-electron chi connectivity index (χ0n) is 26.4. The average molecular weight is 661 g/mol. The predicted molar refractivity (Wildman–Crippen MR) is 172 cm³/mol. The summed E-state index contributed by atoms with van der Waals surface area (Å²) in [5.74, 6) is -2.92. The smallest absolute Gasteiger partial charge is 0.417 e. The van der Waals surface area contributed by atoms with Crippen LogP contribution in [-0.2, 0) is 20.7 Å². The van der Waals surface area contributed by atoms with E-state index >= 15 is 4.39 Å². The van der Waals surface area contributed by atoms with Gasteiger partial charge in [0.05, 0.1) is 26.2 Å². The Morgan fingerprint density at radius 1 is 1.00 bits per heavy atom. The zero-order valence-corrected chi connectivity index (χ0v) is 26.4. The molecule has 2 saturated heterocycles. The van der Waals surface area contributed by atoms with Crippen LogP contribution in [0.2, 0.25) is 0 Å². The molecule has 250 valence electrons. The van der Waals surface area contributed by atoms with E-state index < -0.39 is 35.6 Å². The highest BCUT2D eigenvalue weighted by Gasteiger charge is 2.42. The molecule has 0 saturated carbocycles. The Morgan fingerprint density at radius 2 is 1.71 bits per heavy atom. The molecule has 4 aromatic rings. The highest BCUT2D eigenvalue weighted by atomic mass is 19.1. The Labute approximate surface area is 275 Å². The molecule has 0 bridgehead atoms. The molecule has 3 amide bonds. The third-order valence-electron chi connectivity index (χ3n) is 8.67. The molecule has 3 heterocycles. The number of carbonyl (C=O) groups is 3. The minimum Gasteiger partial charge on any atom is -0.493 e. The average Bonchev–Trinajstić information content (AvgIpc) is 3.46. The van der Waals surface area contributed by atoms with E-state index in [-0.39, 0.29) is 66.2 Å². The van der Waals surface area contributed by atoms with E-state index in [0.717, 1.165) is 10.5 Å². The van der Waals surface area contributed by atoms with Crippen molar-refractivity contribution in [3.8, 4) is 11.5 Å². The third kappa shape index (κ3) is 6.37. The number of amides is 3. The second kappa shape index (κ2) is 13.7. The number of anilines is 2. The molecule has 2 N–H and O–H groups in total. The van der Waals surface area contributed by atoms with Crippen molar-refractivity contribution in [2.75, 3.05) is 57.6 Å². The Hall–Kier alpha value is -5.53. The van der Waals surface area contributed by atoms with E-state index in [2.05, 4.69) is 9.97 Å². The van der Waals surface area contributed by atoms with Crippen molar-refractivity contribution in [1.29, 1.82) is 0 Å². The van der Waals surface area contributed by atoms with Crippen molar-refractivity contribution in [3.05, 3.63) is 83.4 Å². The minimum absolute atomic E-state index is 0.0249. The summed E-state index contributed by atoms with van der Waals surface area (Å²) in [6, 6.07) is 15.7. The van der Waals surface area contributed by atoms with Crippen LogP contribution in [0.4, 0.5) is 25.3 Å². The summed E-state index contributed by atoms with van der Waals surface area (Å²) in [5, 5.41) is 0.270. The number of halogens is 2. The van der Waals surface area contributed by atoms with Gasteiger partial charge in [-0.3, -0.25) is 9.59 Å². The topological polar surface area (TPSA) is 140 Å². The van der Waals surface area contributed by atoms with E-state index in [1.165, 1.54) is 44.6 Å². The standard InChI is InChI=1S/C34H34F2N6O6/c1-46-26-17-25-29(28(36)30(26)47-2)38-33(39-31(25)37)41-14-12-40(13-15-41)27(43)18-24(21-8-10-22(35)11-9-21)32(44)42-23(19-48-34(42)45)16-20-6-4-3-5-7-20/h3-11,17,23-24H,12-16,18-19H2,1-2H3,(H2,37,38,39). The molecule has 1 aromatic heterocycles. The number of fused-ring (bicyclic) bond motifs is 1. The van der Waals surface area contributed by atoms with Crippen LogP contribution in [0.15, 0.2) is 60.7 Å². The molecule has 2 atom stereocenters. The first-order valence-corrected chi connectivity index (χ1v) is 15.4. The number of imide groups is 1. The van der Waals surface area contributed by atoms with Gasteiger partial charge in [0.2, 0.25) is 17.8 Å². The quantitative estimate of drug-likeness (QED) is 0.281. The van der Waals surface area contributed by atoms with Gasteiger partial charge in [-0.25, -0.2) is 23.5 Å².